The summed E-state index contributed by atoms with van der Waals surface area (Å²) >= 11 is 0. The van der Waals surface area contributed by atoms with Crippen molar-refractivity contribution < 1.29 is 9.53 Å². The van der Waals surface area contributed by atoms with Gasteiger partial charge in [-0.3, -0.25) is 4.90 Å². The summed E-state index contributed by atoms with van der Waals surface area (Å²) in [6.45, 7) is 5.33. The molecule has 1 aliphatic heterocycles. The van der Waals surface area contributed by atoms with E-state index in [1.54, 1.807) is 18.3 Å². The van der Waals surface area contributed by atoms with Crippen molar-refractivity contribution in [3.63, 3.8) is 0 Å². The average Bonchev–Trinajstić information content (AvgIpc) is 2.66. The van der Waals surface area contributed by atoms with Gasteiger partial charge in [-0.25, -0.2) is 9.78 Å². The minimum absolute atomic E-state index is 0.189. The molecule has 0 aliphatic carbocycles. The van der Waals surface area contributed by atoms with E-state index in [4.69, 9.17) is 4.74 Å². The molecule has 0 atom stereocenters. The van der Waals surface area contributed by atoms with Crippen molar-refractivity contribution in [3.05, 3.63) is 54.2 Å². The summed E-state index contributed by atoms with van der Waals surface area (Å²) in [5.41, 5.74) is 1.92. The van der Waals surface area contributed by atoms with Crippen LogP contribution in [0.4, 0.5) is 10.5 Å². The quantitative estimate of drug-likeness (QED) is 0.836. The molecule has 0 saturated carbocycles. The third kappa shape index (κ3) is 5.20. The number of nitrogens with one attached hydrogen (secondary N) is 2. The van der Waals surface area contributed by atoms with Gasteiger partial charge in [-0.05, 0) is 37.5 Å². The molecule has 1 aromatic heterocycles. The Kier molecular flexibility index (Phi) is 6.44. The number of pyridine rings is 1. The van der Waals surface area contributed by atoms with E-state index in [0.717, 1.165) is 32.5 Å². The molecule has 1 saturated heterocycles. The summed E-state index contributed by atoms with van der Waals surface area (Å²) < 4.78 is 5.44. The van der Waals surface area contributed by atoms with E-state index in [-0.39, 0.29) is 12.1 Å². The van der Waals surface area contributed by atoms with Crippen LogP contribution in [0.1, 0.15) is 25.3 Å². The van der Waals surface area contributed by atoms with Gasteiger partial charge in [0.15, 0.2) is 0 Å². The topological polar surface area (TPSA) is 66.5 Å². The molecule has 3 rings (SSSR count). The molecular formula is C20H26N4O2. The van der Waals surface area contributed by atoms with Crippen LogP contribution in [0.5, 0.6) is 5.88 Å². The molecule has 0 bridgehead atoms. The molecule has 1 aliphatic rings. The molecule has 1 fully saturated rings. The number of piperidine rings is 1. The van der Waals surface area contributed by atoms with Gasteiger partial charge in [0.05, 0.1) is 6.61 Å². The van der Waals surface area contributed by atoms with Crippen molar-refractivity contribution in [2.75, 3.05) is 25.0 Å². The van der Waals surface area contributed by atoms with E-state index < -0.39 is 0 Å². The zero-order valence-corrected chi connectivity index (χ0v) is 15.1. The largest absolute Gasteiger partial charge is 0.476 e. The van der Waals surface area contributed by atoms with Gasteiger partial charge in [0.2, 0.25) is 5.88 Å². The van der Waals surface area contributed by atoms with Crippen LogP contribution in [-0.2, 0) is 6.54 Å². The molecule has 0 unspecified atom stereocenters. The molecule has 6 nitrogen and oxygen atoms in total. The number of ether oxygens (including phenoxy) is 1. The highest BCUT2D eigenvalue weighted by molar-refractivity contribution is 5.90. The predicted molar refractivity (Wildman–Crippen MR) is 102 cm³/mol. The third-order valence-corrected chi connectivity index (χ3v) is 4.47. The lowest BCUT2D eigenvalue weighted by molar-refractivity contribution is 0.190. The Morgan fingerprint density at radius 2 is 1.96 bits per heavy atom. The van der Waals surface area contributed by atoms with Crippen LogP contribution in [0.25, 0.3) is 0 Å². The molecule has 0 spiro atoms. The minimum atomic E-state index is -0.208. The summed E-state index contributed by atoms with van der Waals surface area (Å²) in [5.74, 6) is 0.447. The Bertz CT molecular complexity index is 700. The van der Waals surface area contributed by atoms with Crippen LogP contribution in [0, 0.1) is 0 Å². The van der Waals surface area contributed by atoms with E-state index in [9.17, 15) is 4.79 Å². The van der Waals surface area contributed by atoms with Crippen molar-refractivity contribution >= 4 is 11.7 Å². The van der Waals surface area contributed by atoms with Crippen LogP contribution < -0.4 is 15.4 Å². The Morgan fingerprint density at radius 1 is 1.19 bits per heavy atom. The van der Waals surface area contributed by atoms with Crippen LogP contribution >= 0.6 is 0 Å². The molecule has 6 heteroatoms. The number of rotatable bonds is 6. The van der Waals surface area contributed by atoms with Gasteiger partial charge in [-0.15, -0.1) is 0 Å². The summed E-state index contributed by atoms with van der Waals surface area (Å²) in [5, 5.41) is 5.90. The standard InChI is InChI=1S/C20H26N4O2/c1-2-26-19-18(9-6-12-21-19)23-20(25)22-17-10-13-24(14-11-17)15-16-7-4-3-5-8-16/h3-9,12,17H,2,10-11,13-15H2,1H3,(H2,22,23,25). The Hall–Kier alpha value is -2.60. The van der Waals surface area contributed by atoms with Crippen LogP contribution in [0.15, 0.2) is 48.7 Å². The predicted octanol–water partition coefficient (Wildman–Crippen LogP) is 3.27. The lowest BCUT2D eigenvalue weighted by Gasteiger charge is -2.32. The molecule has 1 aromatic carbocycles. The first kappa shape index (κ1) is 18.2. The van der Waals surface area contributed by atoms with Crippen molar-refractivity contribution in [2.45, 2.75) is 32.4 Å². The van der Waals surface area contributed by atoms with Crippen molar-refractivity contribution in [1.29, 1.82) is 0 Å². The highest BCUT2D eigenvalue weighted by Gasteiger charge is 2.21. The SMILES string of the molecule is CCOc1ncccc1NC(=O)NC1CCN(Cc2ccccc2)CC1. The smallest absolute Gasteiger partial charge is 0.319 e. The summed E-state index contributed by atoms with van der Waals surface area (Å²) in [4.78, 5) is 18.9. The number of hydrogen-bond acceptors (Lipinski definition) is 4. The number of benzene rings is 1. The third-order valence-electron chi connectivity index (χ3n) is 4.47. The maximum atomic E-state index is 12.3. The van der Waals surface area contributed by atoms with Crippen LogP contribution in [0.2, 0.25) is 0 Å². The van der Waals surface area contributed by atoms with Gasteiger partial charge >= 0.3 is 6.03 Å². The summed E-state index contributed by atoms with van der Waals surface area (Å²) in [6, 6.07) is 14.0. The fourth-order valence-electron chi connectivity index (χ4n) is 3.16. The van der Waals surface area contributed by atoms with E-state index in [0.29, 0.717) is 18.2 Å². The van der Waals surface area contributed by atoms with Gasteiger partial charge in [0.1, 0.15) is 5.69 Å². The van der Waals surface area contributed by atoms with Gasteiger partial charge in [-0.2, -0.15) is 0 Å². The second-order valence-corrected chi connectivity index (χ2v) is 6.42. The van der Waals surface area contributed by atoms with Gasteiger partial charge in [0, 0.05) is 31.9 Å². The molecule has 2 heterocycles. The molecule has 138 valence electrons. The zero-order chi connectivity index (χ0) is 18.2. The Morgan fingerprint density at radius 3 is 2.69 bits per heavy atom. The monoisotopic (exact) mass is 354 g/mol. The number of likely N-dealkylation sites (tertiary alicyclic amines) is 1. The number of aromatic nitrogens is 1. The highest BCUT2D eigenvalue weighted by atomic mass is 16.5. The normalized spacial score (nSPS) is 15.4. The number of nitrogens with zero attached hydrogens (tertiary/aromatic N) is 2. The molecule has 0 radical (unpaired) electrons. The summed E-state index contributed by atoms with van der Waals surface area (Å²) in [6.07, 6.45) is 3.55. The van der Waals surface area contributed by atoms with E-state index in [2.05, 4.69) is 44.8 Å². The van der Waals surface area contributed by atoms with Crippen molar-refractivity contribution in [1.82, 2.24) is 15.2 Å². The molecule has 2 N–H and O–H groups in total. The highest BCUT2D eigenvalue weighted by Crippen LogP contribution is 2.20. The van der Waals surface area contributed by atoms with Crippen LogP contribution in [0.3, 0.4) is 0 Å². The number of amides is 2. The van der Waals surface area contributed by atoms with Crippen molar-refractivity contribution in [2.24, 2.45) is 0 Å². The number of carbonyl (C=O) groups is 1. The zero-order valence-electron chi connectivity index (χ0n) is 15.1. The number of hydrogen-bond donors (Lipinski definition) is 2. The average molecular weight is 354 g/mol. The summed E-state index contributed by atoms with van der Waals surface area (Å²) in [7, 11) is 0. The first-order chi connectivity index (χ1) is 12.7. The molecule has 2 aromatic rings. The second kappa shape index (κ2) is 9.20. The van der Waals surface area contributed by atoms with E-state index in [1.807, 2.05) is 13.0 Å². The Labute approximate surface area is 154 Å². The lowest BCUT2D eigenvalue weighted by atomic mass is 10.0. The molecule has 26 heavy (non-hydrogen) atoms. The van der Waals surface area contributed by atoms with E-state index in [1.165, 1.54) is 5.56 Å². The number of urea groups is 1. The molecular weight excluding hydrogens is 328 g/mol. The number of anilines is 1. The fourth-order valence-corrected chi connectivity index (χ4v) is 3.16. The van der Waals surface area contributed by atoms with Gasteiger partial charge in [0.25, 0.3) is 0 Å². The lowest BCUT2D eigenvalue weighted by Crippen LogP contribution is -2.45. The maximum absolute atomic E-state index is 12.3. The number of carbonyl (C=O) groups excluding carboxylic acids is 1. The maximum Gasteiger partial charge on any atom is 0.319 e. The van der Waals surface area contributed by atoms with Gasteiger partial charge in [-0.1, -0.05) is 30.3 Å². The fraction of sp³-hybridized carbons (Fsp3) is 0.400. The van der Waals surface area contributed by atoms with Gasteiger partial charge < -0.3 is 15.4 Å². The van der Waals surface area contributed by atoms with Crippen molar-refractivity contribution in [3.8, 4) is 5.88 Å². The van der Waals surface area contributed by atoms with E-state index >= 15 is 0 Å². The minimum Gasteiger partial charge on any atom is -0.476 e. The first-order valence-corrected chi connectivity index (χ1v) is 9.16. The second-order valence-electron chi connectivity index (χ2n) is 6.42. The molecule has 2 amide bonds. The van der Waals surface area contributed by atoms with Crippen LogP contribution in [-0.4, -0.2) is 41.7 Å². The first-order valence-electron chi connectivity index (χ1n) is 9.16. The Balaban J connectivity index is 1.45.